The van der Waals surface area contributed by atoms with Crippen LogP contribution in [0.3, 0.4) is 0 Å². The lowest BCUT2D eigenvalue weighted by atomic mass is 9.95. The number of rotatable bonds is 4. The minimum atomic E-state index is -3.24. The van der Waals surface area contributed by atoms with Crippen LogP contribution >= 0.6 is 0 Å². The molecule has 1 aliphatic rings. The van der Waals surface area contributed by atoms with Gasteiger partial charge in [0.05, 0.1) is 6.26 Å². The molecule has 106 valence electrons. The summed E-state index contributed by atoms with van der Waals surface area (Å²) in [5.74, 6) is 0. The van der Waals surface area contributed by atoms with Gasteiger partial charge in [0.15, 0.2) is 0 Å². The van der Waals surface area contributed by atoms with Crippen LogP contribution in [0.1, 0.15) is 33.1 Å². The highest BCUT2D eigenvalue weighted by molar-refractivity contribution is 7.88. The number of urea groups is 1. The predicted molar refractivity (Wildman–Crippen MR) is 70.9 cm³/mol. The van der Waals surface area contributed by atoms with Crippen LogP contribution in [0.2, 0.25) is 0 Å². The molecule has 0 saturated carbocycles. The van der Waals surface area contributed by atoms with E-state index in [2.05, 4.69) is 10.0 Å². The van der Waals surface area contributed by atoms with Gasteiger partial charge in [-0.05, 0) is 26.2 Å². The summed E-state index contributed by atoms with van der Waals surface area (Å²) in [6.45, 7) is 5.11. The van der Waals surface area contributed by atoms with Gasteiger partial charge in [-0.25, -0.2) is 17.9 Å². The van der Waals surface area contributed by atoms with Crippen LogP contribution in [0.15, 0.2) is 0 Å². The van der Waals surface area contributed by atoms with Crippen LogP contribution in [0, 0.1) is 0 Å². The van der Waals surface area contributed by atoms with Crippen molar-refractivity contribution in [2.75, 3.05) is 19.3 Å². The fourth-order valence-electron chi connectivity index (χ4n) is 2.48. The zero-order valence-electron chi connectivity index (χ0n) is 11.3. The van der Waals surface area contributed by atoms with Crippen molar-refractivity contribution in [1.29, 1.82) is 0 Å². The Morgan fingerprint density at radius 2 is 2.06 bits per heavy atom. The van der Waals surface area contributed by atoms with Crippen molar-refractivity contribution in [2.24, 2.45) is 0 Å². The van der Waals surface area contributed by atoms with Gasteiger partial charge in [0.2, 0.25) is 10.0 Å². The third kappa shape index (κ3) is 4.13. The number of likely N-dealkylation sites (tertiary alicyclic amines) is 1. The zero-order valence-corrected chi connectivity index (χ0v) is 12.1. The number of nitrogens with one attached hydrogen (secondary N) is 2. The largest absolute Gasteiger partial charge is 0.338 e. The molecule has 0 bridgehead atoms. The van der Waals surface area contributed by atoms with Gasteiger partial charge in [0.1, 0.15) is 0 Å². The highest BCUT2D eigenvalue weighted by Crippen LogP contribution is 2.20. The molecule has 0 spiro atoms. The molecule has 0 radical (unpaired) electrons. The molecule has 1 saturated heterocycles. The van der Waals surface area contributed by atoms with Crippen molar-refractivity contribution in [1.82, 2.24) is 14.9 Å². The summed E-state index contributed by atoms with van der Waals surface area (Å²) in [6.07, 6.45) is 3.50. The van der Waals surface area contributed by atoms with Gasteiger partial charge in [-0.3, -0.25) is 0 Å². The molecule has 2 atom stereocenters. The van der Waals surface area contributed by atoms with Crippen LogP contribution in [0.5, 0.6) is 0 Å². The fourth-order valence-corrected chi connectivity index (χ4v) is 3.30. The summed E-state index contributed by atoms with van der Waals surface area (Å²) in [5, 5.41) is 2.77. The molecule has 1 aliphatic heterocycles. The lowest BCUT2D eigenvalue weighted by Crippen LogP contribution is -2.58. The number of nitrogens with zero attached hydrogens (tertiary/aromatic N) is 1. The summed E-state index contributed by atoms with van der Waals surface area (Å²) in [4.78, 5) is 13.7. The Morgan fingerprint density at radius 3 is 2.56 bits per heavy atom. The molecule has 1 heterocycles. The Morgan fingerprint density at radius 1 is 1.39 bits per heavy atom. The first-order valence-corrected chi connectivity index (χ1v) is 8.30. The molecule has 0 aromatic carbocycles. The van der Waals surface area contributed by atoms with Gasteiger partial charge < -0.3 is 10.2 Å². The van der Waals surface area contributed by atoms with Crippen LogP contribution < -0.4 is 10.0 Å². The number of sulfonamides is 1. The molecule has 1 fully saturated rings. The number of piperidine rings is 1. The second-order valence-corrected chi connectivity index (χ2v) is 6.42. The second kappa shape index (κ2) is 6.38. The van der Waals surface area contributed by atoms with E-state index in [1.807, 2.05) is 13.8 Å². The van der Waals surface area contributed by atoms with Gasteiger partial charge in [-0.2, -0.15) is 0 Å². The van der Waals surface area contributed by atoms with Crippen LogP contribution in [0.4, 0.5) is 4.79 Å². The van der Waals surface area contributed by atoms with Crippen molar-refractivity contribution >= 4 is 16.1 Å². The number of carbonyl (C=O) groups excluding carboxylic acids is 1. The quantitative estimate of drug-likeness (QED) is 0.786. The SMILES string of the molecule is CCNC(=O)N1CCCC(NS(C)(=O)=O)C1CC. The third-order valence-electron chi connectivity index (χ3n) is 3.15. The zero-order chi connectivity index (χ0) is 13.8. The number of hydrogen-bond donors (Lipinski definition) is 2. The summed E-state index contributed by atoms with van der Waals surface area (Å²) in [5.41, 5.74) is 0. The summed E-state index contributed by atoms with van der Waals surface area (Å²) in [6, 6.07) is -0.356. The van der Waals surface area contributed by atoms with Gasteiger partial charge in [0.25, 0.3) is 0 Å². The molecule has 2 N–H and O–H groups in total. The van der Waals surface area contributed by atoms with Crippen LogP contribution in [-0.4, -0.2) is 50.8 Å². The average Bonchev–Trinajstić information content (AvgIpc) is 2.27. The second-order valence-electron chi connectivity index (χ2n) is 4.64. The smallest absolute Gasteiger partial charge is 0.317 e. The van der Waals surface area contributed by atoms with Gasteiger partial charge in [-0.15, -0.1) is 0 Å². The first kappa shape index (κ1) is 15.2. The molecule has 0 aromatic heterocycles. The highest BCUT2D eigenvalue weighted by atomic mass is 32.2. The molecule has 7 heteroatoms. The predicted octanol–water partition coefficient (Wildman–Crippen LogP) is 0.508. The van der Waals surface area contributed by atoms with E-state index in [4.69, 9.17) is 0 Å². The summed E-state index contributed by atoms with van der Waals surface area (Å²) >= 11 is 0. The Bertz CT molecular complexity index is 383. The van der Waals surface area contributed by atoms with Crippen molar-refractivity contribution in [3.05, 3.63) is 0 Å². The molecule has 0 aliphatic carbocycles. The maximum Gasteiger partial charge on any atom is 0.317 e. The average molecular weight is 277 g/mol. The van der Waals surface area contributed by atoms with E-state index >= 15 is 0 Å². The Kier molecular flexibility index (Phi) is 5.40. The Balaban J connectivity index is 2.78. The normalized spacial score (nSPS) is 24.9. The lowest BCUT2D eigenvalue weighted by molar-refractivity contribution is 0.132. The molecular weight excluding hydrogens is 254 g/mol. The minimum absolute atomic E-state index is 0.0694. The standard InChI is InChI=1S/C11H23N3O3S/c1-4-10-9(13-18(3,16)17)7-6-8-14(10)11(15)12-5-2/h9-10,13H,4-8H2,1-3H3,(H,12,15). The van der Waals surface area contributed by atoms with E-state index < -0.39 is 10.0 Å². The highest BCUT2D eigenvalue weighted by Gasteiger charge is 2.34. The fraction of sp³-hybridized carbons (Fsp3) is 0.909. The van der Waals surface area contributed by atoms with E-state index in [1.165, 1.54) is 0 Å². The molecule has 2 amide bonds. The topological polar surface area (TPSA) is 78.5 Å². The minimum Gasteiger partial charge on any atom is -0.338 e. The first-order chi connectivity index (χ1) is 8.39. The van der Waals surface area contributed by atoms with Crippen LogP contribution in [0.25, 0.3) is 0 Å². The van der Waals surface area contributed by atoms with E-state index in [-0.39, 0.29) is 18.1 Å². The maximum atomic E-state index is 11.9. The molecular formula is C11H23N3O3S. The van der Waals surface area contributed by atoms with E-state index in [0.29, 0.717) is 13.1 Å². The number of carbonyl (C=O) groups is 1. The van der Waals surface area contributed by atoms with Gasteiger partial charge in [0, 0.05) is 25.2 Å². The first-order valence-electron chi connectivity index (χ1n) is 6.40. The van der Waals surface area contributed by atoms with E-state index in [9.17, 15) is 13.2 Å². The van der Waals surface area contributed by atoms with Crippen molar-refractivity contribution < 1.29 is 13.2 Å². The number of amides is 2. The van der Waals surface area contributed by atoms with Gasteiger partial charge in [-0.1, -0.05) is 6.92 Å². The molecule has 0 aromatic rings. The monoisotopic (exact) mass is 277 g/mol. The third-order valence-corrected chi connectivity index (χ3v) is 3.88. The van der Waals surface area contributed by atoms with Crippen LogP contribution in [-0.2, 0) is 10.0 Å². The van der Waals surface area contributed by atoms with Crippen molar-refractivity contribution in [3.8, 4) is 0 Å². The molecule has 18 heavy (non-hydrogen) atoms. The molecule has 2 unspecified atom stereocenters. The number of hydrogen-bond acceptors (Lipinski definition) is 3. The van der Waals surface area contributed by atoms with E-state index in [1.54, 1.807) is 4.90 Å². The molecule has 6 nitrogen and oxygen atoms in total. The van der Waals surface area contributed by atoms with Crippen molar-refractivity contribution in [3.63, 3.8) is 0 Å². The lowest BCUT2D eigenvalue weighted by Gasteiger charge is -2.40. The molecule has 1 rings (SSSR count). The summed E-state index contributed by atoms with van der Waals surface area (Å²) in [7, 11) is -3.24. The Labute approximate surface area is 109 Å². The van der Waals surface area contributed by atoms with Crippen molar-refractivity contribution in [2.45, 2.75) is 45.2 Å². The maximum absolute atomic E-state index is 11.9. The van der Waals surface area contributed by atoms with E-state index in [0.717, 1.165) is 25.5 Å². The Hall–Kier alpha value is -0.820. The summed E-state index contributed by atoms with van der Waals surface area (Å²) < 4.78 is 25.3. The van der Waals surface area contributed by atoms with Gasteiger partial charge >= 0.3 is 6.03 Å².